The zero-order valence-corrected chi connectivity index (χ0v) is 21.6. The van der Waals surface area contributed by atoms with Crippen LogP contribution >= 0.6 is 0 Å². The number of phenolic OH excluding ortho intramolecular Hbond substituents is 1. The molecule has 2 heterocycles. The van der Waals surface area contributed by atoms with Crippen LogP contribution in [0.5, 0.6) is 5.75 Å². The van der Waals surface area contributed by atoms with E-state index in [0.29, 0.717) is 19.3 Å². The molecule has 2 aliphatic heterocycles. The van der Waals surface area contributed by atoms with Crippen LogP contribution in [0.25, 0.3) is 0 Å². The fraction of sp³-hybridized carbons (Fsp3) is 0.467. The second kappa shape index (κ2) is 7.92. The first-order valence-electron chi connectivity index (χ1n) is 13.0. The predicted octanol–water partition coefficient (Wildman–Crippen LogP) is 4.48. The van der Waals surface area contributed by atoms with Crippen molar-refractivity contribution < 1.29 is 29.4 Å². The van der Waals surface area contributed by atoms with Gasteiger partial charge in [0.15, 0.2) is 5.78 Å². The number of allylic oxidation sites excluding steroid dienone is 1. The highest BCUT2D eigenvalue weighted by Crippen LogP contribution is 2.61. The number of aliphatic hydroxyl groups is 1. The Morgan fingerprint density at radius 3 is 2.41 bits per heavy atom. The summed E-state index contributed by atoms with van der Waals surface area (Å²) in [4.78, 5) is 33.8. The zero-order valence-electron chi connectivity index (χ0n) is 21.6. The van der Waals surface area contributed by atoms with Gasteiger partial charge in [0, 0.05) is 12.3 Å². The van der Waals surface area contributed by atoms with Gasteiger partial charge in [0.1, 0.15) is 17.5 Å². The average molecular weight is 504 g/mol. The van der Waals surface area contributed by atoms with Crippen molar-refractivity contribution in [3.05, 3.63) is 71.3 Å². The van der Waals surface area contributed by atoms with Gasteiger partial charge in [0.2, 0.25) is 5.60 Å². The number of hydroxylamine groups is 1. The highest BCUT2D eigenvalue weighted by atomic mass is 16.7. The standard InChI is InChI=1S/C30H33NO6/c1-17-14-20(15-18(2)25(17)33)23-16-29(37-31(23)21-8-6-5-7-9-21)22-11-10-19(3)30(35)13-12-24(32)28(30,4)26(22)36-27(29)34/h5-9,12-15,19,22-23,26,33,35H,10-11,16H2,1-4H3/t19-,22+,23?,26+,28-,29?,30+/m0/s1. The lowest BCUT2D eigenvalue weighted by Gasteiger charge is -2.43. The number of ketones is 1. The molecular weight excluding hydrogens is 470 g/mol. The number of carbonyl (C=O) groups is 2. The molecule has 7 atom stereocenters. The van der Waals surface area contributed by atoms with Gasteiger partial charge in [0.25, 0.3) is 0 Å². The van der Waals surface area contributed by atoms with Crippen LogP contribution in [0.1, 0.15) is 55.8 Å². The van der Waals surface area contributed by atoms with E-state index in [1.165, 1.54) is 6.08 Å². The van der Waals surface area contributed by atoms with Crippen molar-refractivity contribution in [1.29, 1.82) is 0 Å². The number of nitrogens with zero attached hydrogens (tertiary/aromatic N) is 1. The first-order valence-corrected chi connectivity index (χ1v) is 13.0. The molecule has 6 rings (SSSR count). The van der Waals surface area contributed by atoms with Crippen molar-refractivity contribution in [1.82, 2.24) is 0 Å². The van der Waals surface area contributed by atoms with E-state index in [1.807, 2.05) is 63.2 Å². The smallest absolute Gasteiger partial charge is 0.342 e. The van der Waals surface area contributed by atoms with Crippen LogP contribution in [-0.2, 0) is 19.2 Å². The van der Waals surface area contributed by atoms with Crippen molar-refractivity contribution >= 4 is 17.4 Å². The first-order chi connectivity index (χ1) is 17.5. The lowest BCUT2D eigenvalue weighted by Crippen LogP contribution is -2.57. The van der Waals surface area contributed by atoms with E-state index in [2.05, 4.69) is 0 Å². The molecule has 2 unspecified atom stereocenters. The van der Waals surface area contributed by atoms with Gasteiger partial charge in [-0.05, 0) is 80.5 Å². The van der Waals surface area contributed by atoms with Gasteiger partial charge in [-0.15, -0.1) is 0 Å². The van der Waals surface area contributed by atoms with Gasteiger partial charge in [-0.2, -0.15) is 0 Å². The Morgan fingerprint density at radius 1 is 1.05 bits per heavy atom. The quantitative estimate of drug-likeness (QED) is 0.584. The van der Waals surface area contributed by atoms with E-state index in [1.54, 1.807) is 18.1 Å². The molecule has 2 saturated heterocycles. The Bertz CT molecular complexity index is 1300. The number of anilines is 1. The number of hydrogen-bond donors (Lipinski definition) is 2. The van der Waals surface area contributed by atoms with Crippen LogP contribution in [0.15, 0.2) is 54.6 Å². The summed E-state index contributed by atoms with van der Waals surface area (Å²) in [6, 6.07) is 13.2. The van der Waals surface area contributed by atoms with E-state index in [-0.39, 0.29) is 23.5 Å². The number of phenols is 1. The Hall–Kier alpha value is -3.16. The van der Waals surface area contributed by atoms with Gasteiger partial charge >= 0.3 is 5.97 Å². The molecule has 0 radical (unpaired) electrons. The average Bonchev–Trinajstić information content (AvgIpc) is 3.48. The van der Waals surface area contributed by atoms with Crippen LogP contribution in [0.4, 0.5) is 5.69 Å². The summed E-state index contributed by atoms with van der Waals surface area (Å²) in [6.45, 7) is 7.40. The molecule has 1 saturated carbocycles. The minimum atomic E-state index is -1.39. The molecule has 37 heavy (non-hydrogen) atoms. The number of ether oxygens (including phenoxy) is 1. The first kappa shape index (κ1) is 24.2. The van der Waals surface area contributed by atoms with Gasteiger partial charge < -0.3 is 14.9 Å². The third-order valence-electron chi connectivity index (χ3n) is 9.56. The highest BCUT2D eigenvalue weighted by molar-refractivity contribution is 6.00. The topological polar surface area (TPSA) is 96.3 Å². The van der Waals surface area contributed by atoms with Crippen LogP contribution in [0.2, 0.25) is 0 Å². The van der Waals surface area contributed by atoms with Gasteiger partial charge in [-0.25, -0.2) is 9.86 Å². The zero-order chi connectivity index (χ0) is 26.3. The maximum absolute atomic E-state index is 13.8. The normalized spacial score (nSPS) is 38.6. The fourth-order valence-corrected chi connectivity index (χ4v) is 7.27. The minimum absolute atomic E-state index is 0.189. The number of rotatable bonds is 2. The van der Waals surface area contributed by atoms with Crippen molar-refractivity contribution in [2.75, 3.05) is 5.06 Å². The highest BCUT2D eigenvalue weighted by Gasteiger charge is 2.74. The predicted molar refractivity (Wildman–Crippen MR) is 137 cm³/mol. The number of carbonyl (C=O) groups excluding carboxylic acids is 2. The number of fused-ring (bicyclic) bond motifs is 4. The fourth-order valence-electron chi connectivity index (χ4n) is 7.27. The van der Waals surface area contributed by atoms with E-state index in [4.69, 9.17) is 9.57 Å². The maximum Gasteiger partial charge on any atom is 0.342 e. The number of para-hydroxylation sites is 1. The van der Waals surface area contributed by atoms with Crippen molar-refractivity contribution in [2.24, 2.45) is 17.3 Å². The van der Waals surface area contributed by atoms with Gasteiger partial charge in [-0.1, -0.05) is 37.3 Å². The van der Waals surface area contributed by atoms with E-state index in [0.717, 1.165) is 22.4 Å². The molecular formula is C30H33NO6. The van der Waals surface area contributed by atoms with Crippen LogP contribution < -0.4 is 5.06 Å². The third-order valence-corrected chi connectivity index (χ3v) is 9.56. The molecule has 0 bridgehead atoms. The lowest BCUT2D eigenvalue weighted by atomic mass is 9.63. The summed E-state index contributed by atoms with van der Waals surface area (Å²) in [5.74, 6) is -1.06. The molecule has 2 aromatic rings. The Labute approximate surface area is 216 Å². The molecule has 7 heteroatoms. The van der Waals surface area contributed by atoms with E-state index in [9.17, 15) is 19.8 Å². The van der Waals surface area contributed by atoms with Gasteiger partial charge in [0.05, 0.1) is 17.1 Å². The Morgan fingerprint density at radius 2 is 1.73 bits per heavy atom. The summed E-state index contributed by atoms with van der Waals surface area (Å²) in [5, 5.41) is 23.9. The molecule has 2 aliphatic carbocycles. The van der Waals surface area contributed by atoms with Gasteiger partial charge in [-0.3, -0.25) is 9.63 Å². The number of esters is 1. The lowest BCUT2D eigenvalue weighted by molar-refractivity contribution is -0.169. The van der Waals surface area contributed by atoms with E-state index >= 15 is 0 Å². The second-order valence-corrected chi connectivity index (χ2v) is 11.5. The van der Waals surface area contributed by atoms with Crippen LogP contribution in [0.3, 0.4) is 0 Å². The molecule has 7 nitrogen and oxygen atoms in total. The third kappa shape index (κ3) is 3.07. The summed E-state index contributed by atoms with van der Waals surface area (Å²) in [6.07, 6.45) is 3.76. The Balaban J connectivity index is 1.48. The molecule has 2 N–H and O–H groups in total. The monoisotopic (exact) mass is 503 g/mol. The summed E-state index contributed by atoms with van der Waals surface area (Å²) >= 11 is 0. The van der Waals surface area contributed by atoms with Crippen LogP contribution in [-0.4, -0.2) is 39.3 Å². The number of hydrogen-bond acceptors (Lipinski definition) is 7. The molecule has 3 fully saturated rings. The molecule has 2 aromatic carbocycles. The Kier molecular flexibility index (Phi) is 5.18. The molecule has 0 aromatic heterocycles. The molecule has 4 aliphatic rings. The summed E-state index contributed by atoms with van der Waals surface area (Å²) < 4.78 is 6.07. The van der Waals surface area contributed by atoms with E-state index < -0.39 is 34.6 Å². The molecule has 194 valence electrons. The van der Waals surface area contributed by atoms with Crippen molar-refractivity contribution in [3.8, 4) is 5.75 Å². The summed E-state index contributed by atoms with van der Waals surface area (Å²) in [5.41, 5.74) is -0.754. The maximum atomic E-state index is 13.8. The number of aryl methyl sites for hydroxylation is 2. The SMILES string of the molecule is Cc1cc(C2CC3(ON2c2ccccc2)C(=O)O[C@@H]2[C@H]3CC[C@H](C)[C@]3(O)C=CC(=O)[C@@]23C)cc(C)c1O. The molecule has 1 spiro atoms. The number of benzene rings is 2. The minimum Gasteiger partial charge on any atom is -0.507 e. The molecule has 0 amide bonds. The number of aromatic hydroxyl groups is 1. The van der Waals surface area contributed by atoms with Crippen molar-refractivity contribution in [3.63, 3.8) is 0 Å². The largest absolute Gasteiger partial charge is 0.507 e. The van der Waals surface area contributed by atoms with Crippen LogP contribution in [0, 0.1) is 31.1 Å². The second-order valence-electron chi connectivity index (χ2n) is 11.5. The summed E-state index contributed by atoms with van der Waals surface area (Å²) in [7, 11) is 0. The van der Waals surface area contributed by atoms with Crippen molar-refractivity contribution in [2.45, 2.75) is 70.3 Å².